The van der Waals surface area contributed by atoms with Crippen LogP contribution in [0.3, 0.4) is 0 Å². The second kappa shape index (κ2) is 16.5. The van der Waals surface area contributed by atoms with Gasteiger partial charge in [0, 0.05) is 5.92 Å². The maximum absolute atomic E-state index is 6.40. The summed E-state index contributed by atoms with van der Waals surface area (Å²) in [5, 5.41) is 0. The molecule has 3 atom stereocenters. The molecule has 1 saturated carbocycles. The summed E-state index contributed by atoms with van der Waals surface area (Å²) < 4.78 is 6.40. The average Bonchev–Trinajstić information content (AvgIpc) is 3.30. The molecule has 0 amide bonds. The fourth-order valence-corrected chi connectivity index (χ4v) is 5.76. The van der Waals surface area contributed by atoms with Crippen LogP contribution in [-0.2, 0) is 4.74 Å². The van der Waals surface area contributed by atoms with Crippen molar-refractivity contribution in [2.75, 3.05) is 0 Å². The van der Waals surface area contributed by atoms with Crippen molar-refractivity contribution >= 4 is 0 Å². The normalized spacial score (nSPS) is 26.2. The molecule has 2 bridgehead atoms. The van der Waals surface area contributed by atoms with Crippen LogP contribution in [0.1, 0.15) is 94.9 Å². The first kappa shape index (κ1) is 34.3. The van der Waals surface area contributed by atoms with Crippen molar-refractivity contribution in [1.82, 2.24) is 0 Å². The van der Waals surface area contributed by atoms with E-state index in [0.717, 1.165) is 12.8 Å². The Morgan fingerprint density at radius 1 is 0.659 bits per heavy atom. The van der Waals surface area contributed by atoms with E-state index in [1.807, 2.05) is 0 Å². The van der Waals surface area contributed by atoms with Crippen molar-refractivity contribution in [1.29, 1.82) is 0 Å². The molecular formula is C40H56O. The highest BCUT2D eigenvalue weighted by Gasteiger charge is 2.59. The highest BCUT2D eigenvalue weighted by Crippen LogP contribution is 2.57. The maximum Gasteiger partial charge on any atom is 0.0728 e. The Labute approximate surface area is 252 Å². The van der Waals surface area contributed by atoms with Crippen molar-refractivity contribution < 1.29 is 4.74 Å². The summed E-state index contributed by atoms with van der Waals surface area (Å²) in [6, 6.07) is 0. The van der Waals surface area contributed by atoms with Gasteiger partial charge in [-0.25, -0.2) is 0 Å². The van der Waals surface area contributed by atoms with Gasteiger partial charge in [-0.2, -0.15) is 0 Å². The molecule has 2 aliphatic rings. The molecule has 0 aromatic carbocycles. The van der Waals surface area contributed by atoms with Gasteiger partial charge in [0.05, 0.1) is 11.2 Å². The number of fused-ring (bicyclic) bond motifs is 2. The lowest BCUT2D eigenvalue weighted by Gasteiger charge is -2.33. The van der Waals surface area contributed by atoms with Gasteiger partial charge in [0.25, 0.3) is 0 Å². The Kier molecular flexibility index (Phi) is 13.8. The number of hydrogen-bond donors (Lipinski definition) is 0. The lowest BCUT2D eigenvalue weighted by atomic mass is 9.82. The highest BCUT2D eigenvalue weighted by atomic mass is 16.5. The van der Waals surface area contributed by atoms with Gasteiger partial charge in [0.1, 0.15) is 0 Å². The van der Waals surface area contributed by atoms with Gasteiger partial charge >= 0.3 is 0 Å². The zero-order valence-electron chi connectivity index (χ0n) is 27.6. The van der Waals surface area contributed by atoms with Crippen LogP contribution < -0.4 is 0 Å². The SMILES string of the molecule is CC(C)=CCC/C(C)=C/C=C/C(C)=C/C=C/C(C)=C/C=C/C=C(C)/C=C/C=C(C)/C=C/[C@@H]1[C@H]2CC[C@]1(C)OC2(C)C. The molecule has 2 rings (SSSR count). The van der Waals surface area contributed by atoms with E-state index in [4.69, 9.17) is 4.74 Å². The number of hydrogen-bond acceptors (Lipinski definition) is 1. The van der Waals surface area contributed by atoms with Crippen LogP contribution >= 0.6 is 0 Å². The summed E-state index contributed by atoms with van der Waals surface area (Å²) in [6.07, 6.45) is 39.5. The monoisotopic (exact) mass is 552 g/mol. The van der Waals surface area contributed by atoms with Gasteiger partial charge in [-0.15, -0.1) is 0 Å². The molecule has 1 aliphatic carbocycles. The molecule has 0 radical (unpaired) electrons. The smallest absolute Gasteiger partial charge is 0.0728 e. The summed E-state index contributed by atoms with van der Waals surface area (Å²) >= 11 is 0. The summed E-state index contributed by atoms with van der Waals surface area (Å²) in [5.41, 5.74) is 7.74. The predicted octanol–water partition coefficient (Wildman–Crippen LogP) is 11.8. The third-order valence-corrected chi connectivity index (χ3v) is 8.14. The molecule has 0 spiro atoms. The molecule has 1 aliphatic heterocycles. The molecule has 0 aromatic heterocycles. The van der Waals surface area contributed by atoms with Crippen LogP contribution in [0.5, 0.6) is 0 Å². The number of rotatable bonds is 13. The summed E-state index contributed by atoms with van der Waals surface area (Å²) in [4.78, 5) is 0. The lowest BCUT2D eigenvalue weighted by Crippen LogP contribution is -2.35. The number of ether oxygens (including phenoxy) is 1. The largest absolute Gasteiger partial charge is 0.368 e. The fourth-order valence-electron chi connectivity index (χ4n) is 5.76. The second-order valence-corrected chi connectivity index (χ2v) is 13.0. The molecule has 1 nitrogen and oxygen atoms in total. The summed E-state index contributed by atoms with van der Waals surface area (Å²) in [7, 11) is 0. The van der Waals surface area contributed by atoms with E-state index in [0.29, 0.717) is 11.8 Å². The minimum Gasteiger partial charge on any atom is -0.368 e. The van der Waals surface area contributed by atoms with Crippen LogP contribution in [0.2, 0.25) is 0 Å². The Hall–Kier alpha value is -2.90. The van der Waals surface area contributed by atoms with Crippen molar-refractivity contribution in [3.8, 4) is 0 Å². The second-order valence-electron chi connectivity index (χ2n) is 13.0. The Morgan fingerprint density at radius 3 is 1.61 bits per heavy atom. The first-order chi connectivity index (χ1) is 19.3. The van der Waals surface area contributed by atoms with E-state index < -0.39 is 0 Å². The first-order valence-corrected chi connectivity index (χ1v) is 15.4. The van der Waals surface area contributed by atoms with E-state index in [2.05, 4.69) is 166 Å². The highest BCUT2D eigenvalue weighted by molar-refractivity contribution is 5.32. The topological polar surface area (TPSA) is 9.23 Å². The van der Waals surface area contributed by atoms with Crippen molar-refractivity contribution in [3.63, 3.8) is 0 Å². The molecule has 0 unspecified atom stereocenters. The summed E-state index contributed by atoms with van der Waals surface area (Å²) in [5.74, 6) is 1.14. The molecule has 0 aromatic rings. The molecular weight excluding hydrogens is 496 g/mol. The van der Waals surface area contributed by atoms with Gasteiger partial charge in [0.15, 0.2) is 0 Å². The first-order valence-electron chi connectivity index (χ1n) is 15.4. The van der Waals surface area contributed by atoms with Crippen LogP contribution in [0, 0.1) is 11.8 Å². The maximum atomic E-state index is 6.40. The van der Waals surface area contributed by atoms with E-state index >= 15 is 0 Å². The van der Waals surface area contributed by atoms with E-state index in [1.165, 1.54) is 46.3 Å². The van der Waals surface area contributed by atoms with E-state index in [1.54, 1.807) is 0 Å². The van der Waals surface area contributed by atoms with Gasteiger partial charge in [-0.3, -0.25) is 0 Å². The van der Waals surface area contributed by atoms with Crippen LogP contribution in [0.25, 0.3) is 0 Å². The Bertz CT molecular complexity index is 1210. The van der Waals surface area contributed by atoms with Crippen molar-refractivity contribution in [2.24, 2.45) is 11.8 Å². The van der Waals surface area contributed by atoms with Crippen LogP contribution in [0.4, 0.5) is 0 Å². The minimum atomic E-state index is -0.00524. The van der Waals surface area contributed by atoms with E-state index in [9.17, 15) is 0 Å². The predicted molar refractivity (Wildman–Crippen MR) is 183 cm³/mol. The average molecular weight is 553 g/mol. The molecule has 41 heavy (non-hydrogen) atoms. The van der Waals surface area contributed by atoms with Gasteiger partial charge < -0.3 is 4.74 Å². The molecule has 222 valence electrons. The third-order valence-electron chi connectivity index (χ3n) is 8.14. The fraction of sp³-hybridized carbons (Fsp3) is 0.450. The van der Waals surface area contributed by atoms with Crippen LogP contribution in [-0.4, -0.2) is 11.2 Å². The van der Waals surface area contributed by atoms with Gasteiger partial charge in [0.2, 0.25) is 0 Å². The van der Waals surface area contributed by atoms with Gasteiger partial charge in [-0.1, -0.05) is 131 Å². The molecule has 2 fully saturated rings. The lowest BCUT2D eigenvalue weighted by molar-refractivity contribution is -0.113. The molecule has 1 saturated heterocycles. The summed E-state index contributed by atoms with van der Waals surface area (Å²) in [6.45, 7) is 21.9. The third kappa shape index (κ3) is 12.2. The molecule has 0 N–H and O–H groups in total. The van der Waals surface area contributed by atoms with Crippen molar-refractivity contribution in [2.45, 2.75) is 106 Å². The Morgan fingerprint density at radius 2 is 1.15 bits per heavy atom. The quantitative estimate of drug-likeness (QED) is 0.163. The van der Waals surface area contributed by atoms with Crippen molar-refractivity contribution in [3.05, 3.63) is 131 Å². The molecule has 1 heterocycles. The number of allylic oxidation sites excluding steroid dienone is 21. The van der Waals surface area contributed by atoms with E-state index in [-0.39, 0.29) is 11.2 Å². The standard InChI is InChI=1S/C40H56O/c1-31(2)17-13-20-34(5)23-15-25-35(6)24-14-21-32(3)18-11-12-19-33(4)22-16-26-36(7)27-28-38-37-29-30-40(38,10)41-39(37,8)9/h11-12,14-19,21-28,37-38H,13,20,29-30H2,1-10H3/b12-11+,21-14+,22-16+,25-15+,28-27+,32-18+,33-19+,34-23+,35-24+,36-26+/t37-,38-,40+/m1/s1. The minimum absolute atomic E-state index is 0.00393. The molecule has 1 heteroatoms. The zero-order chi connectivity index (χ0) is 30.5. The van der Waals surface area contributed by atoms with Crippen LogP contribution in [0.15, 0.2) is 131 Å². The Balaban J connectivity index is 1.80. The zero-order valence-corrected chi connectivity index (χ0v) is 27.6. The van der Waals surface area contributed by atoms with Gasteiger partial charge in [-0.05, 0) is 101 Å².